The fraction of sp³-hybridized carbons (Fsp3) is 0.323. The number of imidazole rings is 1. The molecule has 8 rings (SSSR count). The van der Waals surface area contributed by atoms with Gasteiger partial charge in [-0.15, -0.1) is 29.3 Å². The maximum atomic E-state index is 13.1. The number of para-hydroxylation sites is 1. The number of aromatic nitrogens is 3. The van der Waals surface area contributed by atoms with Gasteiger partial charge in [0.25, 0.3) is 0 Å². The van der Waals surface area contributed by atoms with E-state index in [-0.39, 0.29) is 60.5 Å². The number of rotatable bonds is 6. The van der Waals surface area contributed by atoms with Crippen LogP contribution in [0.3, 0.4) is 0 Å². The number of hydrogen-bond donors (Lipinski definition) is 1. The first-order valence-corrected chi connectivity index (χ1v) is 20.7. The molecule has 0 amide bonds. The summed E-state index contributed by atoms with van der Waals surface area (Å²) in [5.74, 6) is -2.17. The van der Waals surface area contributed by atoms with Gasteiger partial charge in [0.05, 0.1) is 26.2 Å². The molecule has 348 valence electrons. The van der Waals surface area contributed by atoms with Crippen LogP contribution in [-0.2, 0) is 48.1 Å². The van der Waals surface area contributed by atoms with Crippen molar-refractivity contribution in [3.8, 4) is 67.5 Å². The van der Waals surface area contributed by atoms with Crippen molar-refractivity contribution >= 4 is 11.0 Å². The summed E-state index contributed by atoms with van der Waals surface area (Å²) >= 11 is 0. The van der Waals surface area contributed by atoms with Gasteiger partial charge in [0.1, 0.15) is 11.6 Å². The summed E-state index contributed by atoms with van der Waals surface area (Å²) in [4.78, 5) is 9.30. The zero-order valence-electron chi connectivity index (χ0n) is 71.3. The fourth-order valence-corrected chi connectivity index (χ4v) is 7.70. The molecule has 6 aromatic carbocycles. The molecule has 2 aromatic heterocycles. The van der Waals surface area contributed by atoms with Crippen molar-refractivity contribution in [3.63, 3.8) is 0 Å². The third kappa shape index (κ3) is 10.0. The SMILES string of the molecule is [2H]c1nc(-c2[c-]c(-c3cccc4c3nc(-c3cc(C(C([2H])([2H])[2H])(C([2H])([2H])[2H])C([2H])([2H])[2H])cc(C(C([2H])([2H])[2H])(C([2H])([2H])[2H])C([2H])([2H])[2H])c3O)n4-c3ccc(-c4ccccc4)c(C(C)(C)C)c3)cc(C(C)(C)C)c2)c([2H])c(-c2c([2H])c([2H])c(C(C([2H])([2H])[2H])(C([2H])([2H])[2H])C([2H])([2H])[2H])c([2H])c2[2H])c1[2H].[Pt]. The second kappa shape index (κ2) is 17.8. The molecule has 4 nitrogen and oxygen atoms in total. The van der Waals surface area contributed by atoms with Gasteiger partial charge < -0.3 is 5.11 Å². The second-order valence-electron chi connectivity index (χ2n) is 18.4. The minimum absolute atomic E-state index is 0. The summed E-state index contributed by atoms with van der Waals surface area (Å²) in [6.07, 6.45) is -0.960. The molecule has 8 aromatic rings. The van der Waals surface area contributed by atoms with E-state index in [1.165, 1.54) is 28.8 Å². The molecule has 0 aliphatic rings. The zero-order valence-corrected chi connectivity index (χ0v) is 39.5. The Hall–Kier alpha value is -5.57. The molecule has 0 spiro atoms. The summed E-state index contributed by atoms with van der Waals surface area (Å²) in [5, 5.41) is 13.1. The van der Waals surface area contributed by atoms with Crippen LogP contribution < -0.4 is 0 Å². The Labute approximate surface area is 463 Å². The van der Waals surface area contributed by atoms with E-state index in [0.29, 0.717) is 22.8 Å². The number of nitrogens with zero attached hydrogens (tertiary/aromatic N) is 3. The Bertz CT molecular complexity index is 4390. The normalized spacial score (nSPS) is 21.8. The van der Waals surface area contributed by atoms with Gasteiger partial charge in [-0.1, -0.05) is 199 Å². The topological polar surface area (TPSA) is 50.9 Å². The van der Waals surface area contributed by atoms with Gasteiger partial charge in [-0.25, -0.2) is 4.98 Å². The summed E-state index contributed by atoms with van der Waals surface area (Å²) in [6, 6.07) is 18.0. The number of fused-ring (bicyclic) bond motifs is 1. The summed E-state index contributed by atoms with van der Waals surface area (Å²) in [6.45, 7) is -26.6. The Kier molecular flexibility index (Phi) is 5.80. The van der Waals surface area contributed by atoms with E-state index in [1.54, 1.807) is 63.2 Å². The molecule has 0 bridgehead atoms. The predicted molar refractivity (Wildman–Crippen MR) is 280 cm³/mol. The van der Waals surface area contributed by atoms with Crippen LogP contribution in [0, 0.1) is 6.07 Å². The Morgan fingerprint density at radius 1 is 0.552 bits per heavy atom. The van der Waals surface area contributed by atoms with Crippen LogP contribution in [0.4, 0.5) is 0 Å². The van der Waals surface area contributed by atoms with Crippen LogP contribution in [0.25, 0.3) is 72.7 Å². The van der Waals surface area contributed by atoms with Gasteiger partial charge in [-0.05, 0) is 96.3 Å². The molecule has 0 atom stereocenters. The van der Waals surface area contributed by atoms with Crippen LogP contribution in [0.5, 0.6) is 5.75 Å². The number of phenols is 1. The van der Waals surface area contributed by atoms with Crippen molar-refractivity contribution in [1.29, 1.82) is 0 Å². The second-order valence-corrected chi connectivity index (χ2v) is 18.4. The van der Waals surface area contributed by atoms with Crippen molar-refractivity contribution in [3.05, 3.63) is 167 Å². The van der Waals surface area contributed by atoms with E-state index >= 15 is 0 Å². The van der Waals surface area contributed by atoms with Crippen molar-refractivity contribution in [2.24, 2.45) is 0 Å². The third-order valence-electron chi connectivity index (χ3n) is 11.1. The van der Waals surface area contributed by atoms with Crippen LogP contribution in [0.15, 0.2) is 133 Å². The van der Waals surface area contributed by atoms with Gasteiger partial charge in [0, 0.05) is 81.2 Å². The molecule has 0 aliphatic carbocycles. The van der Waals surface area contributed by atoms with Crippen LogP contribution in [-0.4, -0.2) is 19.6 Å². The van der Waals surface area contributed by atoms with E-state index < -0.39 is 182 Å². The van der Waals surface area contributed by atoms with Gasteiger partial charge in [-0.2, -0.15) is 0 Å². The van der Waals surface area contributed by atoms with E-state index in [9.17, 15) is 9.22 Å². The largest absolute Gasteiger partial charge is 0.507 e. The molecule has 1 N–H and O–H groups in total. The standard InChI is InChI=1S/C62H68N3O.Pt/c1-58(2,3)44-26-24-39(25-27-44)41-30-31-63-53(35-41)43-32-42(33-45(34-43)59(4,5)6)49-22-19-23-54-55(49)64-57(50-36-46(60(7,8)9)37-52(56(50)66)62(13,14)15)65(54)47-28-29-48(40-20-17-16-18-21-40)51(38-47)61(10,11)12;/h16-31,33-38,66H,1-15H3;/q-1;/i1D3,2D3,3D3,7D3,8D3,9D3,13D3,14D3,15D3,24D,25D,26D,27D,30D,31D,35D;. The predicted octanol–water partition coefficient (Wildman–Crippen LogP) is 16.7. The van der Waals surface area contributed by atoms with Crippen molar-refractivity contribution in [1.82, 2.24) is 14.5 Å². The number of phenolic OH excluding ortho intramolecular Hbond substituents is 1. The summed E-state index contributed by atoms with van der Waals surface area (Å²) < 4.78 is 298. The minimum Gasteiger partial charge on any atom is -0.507 e. The number of benzene rings is 6. The summed E-state index contributed by atoms with van der Waals surface area (Å²) in [7, 11) is 0. The summed E-state index contributed by atoms with van der Waals surface area (Å²) in [5.41, 5.74) is -19.8. The van der Waals surface area contributed by atoms with Gasteiger partial charge in [0.15, 0.2) is 0 Å². The molecule has 0 saturated heterocycles. The average Bonchev–Trinajstić information content (AvgIpc) is 1.68. The van der Waals surface area contributed by atoms with Crippen LogP contribution >= 0.6 is 0 Å². The van der Waals surface area contributed by atoms with E-state index in [4.69, 9.17) is 47.5 Å². The first kappa shape index (κ1) is 21.8. The smallest absolute Gasteiger partial charge is 0.148 e. The quantitative estimate of drug-likeness (QED) is 0.169. The third-order valence-corrected chi connectivity index (χ3v) is 11.1. The van der Waals surface area contributed by atoms with E-state index in [1.807, 2.05) is 32.9 Å². The Balaban J connectivity index is 0.0000143. The average molecular weight is 1100 g/mol. The molecule has 0 saturated carbocycles. The van der Waals surface area contributed by atoms with E-state index in [0.717, 1.165) is 5.56 Å². The molecular formula is C62H68N3OPt-. The molecule has 0 unspecified atom stereocenters. The maximum Gasteiger partial charge on any atom is 0.148 e. The van der Waals surface area contributed by atoms with Crippen LogP contribution in [0.2, 0.25) is 0 Å². The first-order chi connectivity index (χ1) is 45.0. The first-order valence-electron chi connectivity index (χ1n) is 37.7. The number of hydrogen-bond acceptors (Lipinski definition) is 3. The molecule has 0 aliphatic heterocycles. The molecule has 67 heavy (non-hydrogen) atoms. The zero-order chi connectivity index (χ0) is 76.3. The molecule has 0 fully saturated rings. The number of pyridine rings is 1. The fourth-order valence-electron chi connectivity index (χ4n) is 7.70. The van der Waals surface area contributed by atoms with Crippen LogP contribution in [0.1, 0.15) is 178 Å². The van der Waals surface area contributed by atoms with Crippen molar-refractivity contribution < 1.29 is 72.8 Å². The maximum absolute atomic E-state index is 13.1. The van der Waals surface area contributed by atoms with Gasteiger partial charge in [-0.3, -0.25) is 9.55 Å². The van der Waals surface area contributed by atoms with Crippen molar-refractivity contribution in [2.75, 3.05) is 0 Å². The van der Waals surface area contributed by atoms with E-state index in [2.05, 4.69) is 11.1 Å². The molecule has 2 heterocycles. The monoisotopic (exact) mass is 1100 g/mol. The Morgan fingerprint density at radius 2 is 1.21 bits per heavy atom. The van der Waals surface area contributed by atoms with Gasteiger partial charge >= 0.3 is 0 Å². The molecular weight excluding hydrogens is 998 g/mol. The Morgan fingerprint density at radius 3 is 1.87 bits per heavy atom. The number of aromatic hydroxyl groups is 1. The molecule has 0 radical (unpaired) electrons. The molecule has 5 heteroatoms. The minimum atomic E-state index is -4.29. The van der Waals surface area contributed by atoms with Crippen molar-refractivity contribution in [2.45, 2.75) is 130 Å². The van der Waals surface area contributed by atoms with Gasteiger partial charge in [0.2, 0.25) is 0 Å².